The third-order valence-corrected chi connectivity index (χ3v) is 4.12. The molecule has 3 heterocycles. The molecule has 100 valence electrons. The van der Waals surface area contributed by atoms with Crippen LogP contribution in [0.4, 0.5) is 0 Å². The van der Waals surface area contributed by atoms with Crippen LogP contribution in [0.15, 0.2) is 30.6 Å². The van der Waals surface area contributed by atoms with Crippen molar-refractivity contribution >= 4 is 22.9 Å². The topological polar surface area (TPSA) is 46.6 Å². The molecule has 0 spiro atoms. The molecule has 5 heteroatoms. The van der Waals surface area contributed by atoms with Crippen LogP contribution in [0, 0.1) is 5.92 Å². The summed E-state index contributed by atoms with van der Waals surface area (Å²) in [6, 6.07) is 6.06. The van der Waals surface area contributed by atoms with Crippen molar-refractivity contribution in [2.45, 2.75) is 19.4 Å². The van der Waals surface area contributed by atoms with E-state index in [1.54, 1.807) is 0 Å². The predicted molar refractivity (Wildman–Crippen MR) is 80.0 cm³/mol. The second kappa shape index (κ2) is 5.27. The molecular weight excluding hydrogens is 256 g/mol. The van der Waals surface area contributed by atoms with Crippen LogP contribution < -0.4 is 5.73 Å². The second-order valence-corrected chi connectivity index (χ2v) is 5.62. The fourth-order valence-corrected chi connectivity index (χ4v) is 2.90. The van der Waals surface area contributed by atoms with Gasteiger partial charge in [0.2, 0.25) is 0 Å². The number of piperidine rings is 1. The highest BCUT2D eigenvalue weighted by Gasteiger charge is 2.21. The molecule has 1 aliphatic rings. The summed E-state index contributed by atoms with van der Waals surface area (Å²) in [5, 5.41) is 0. The highest BCUT2D eigenvalue weighted by molar-refractivity contribution is 7.80. The van der Waals surface area contributed by atoms with Crippen LogP contribution in [0.5, 0.6) is 0 Å². The van der Waals surface area contributed by atoms with E-state index in [1.165, 1.54) is 0 Å². The van der Waals surface area contributed by atoms with Crippen LogP contribution in [0.3, 0.4) is 0 Å². The number of nitrogens with two attached hydrogens (primary N) is 1. The van der Waals surface area contributed by atoms with Crippen LogP contribution >= 0.6 is 12.2 Å². The summed E-state index contributed by atoms with van der Waals surface area (Å²) in [5.74, 6) is 0.423. The molecule has 0 unspecified atom stereocenters. The Bertz CT molecular complexity index is 551. The SMILES string of the molecule is NC(=S)C1CCN(Cc2cn3ccccc3n2)CC1. The lowest BCUT2D eigenvalue weighted by molar-refractivity contribution is 0.200. The van der Waals surface area contributed by atoms with E-state index in [4.69, 9.17) is 18.0 Å². The average Bonchev–Trinajstić information content (AvgIpc) is 2.81. The minimum atomic E-state index is 0.423. The minimum Gasteiger partial charge on any atom is -0.393 e. The summed E-state index contributed by atoms with van der Waals surface area (Å²) in [6.45, 7) is 3.01. The van der Waals surface area contributed by atoms with Gasteiger partial charge in [0.05, 0.1) is 10.7 Å². The monoisotopic (exact) mass is 274 g/mol. The summed E-state index contributed by atoms with van der Waals surface area (Å²) < 4.78 is 2.07. The molecule has 3 rings (SSSR count). The molecule has 1 aliphatic heterocycles. The quantitative estimate of drug-likeness (QED) is 0.868. The zero-order chi connectivity index (χ0) is 13.2. The van der Waals surface area contributed by atoms with Gasteiger partial charge in [0.15, 0.2) is 0 Å². The van der Waals surface area contributed by atoms with Gasteiger partial charge in [0.25, 0.3) is 0 Å². The van der Waals surface area contributed by atoms with E-state index in [2.05, 4.69) is 20.5 Å². The number of rotatable bonds is 3. The molecular formula is C14H18N4S. The lowest BCUT2D eigenvalue weighted by Crippen LogP contribution is -2.37. The highest BCUT2D eigenvalue weighted by atomic mass is 32.1. The lowest BCUT2D eigenvalue weighted by atomic mass is 9.97. The molecule has 2 aromatic rings. The first kappa shape index (κ1) is 12.6. The molecule has 1 saturated heterocycles. The molecule has 19 heavy (non-hydrogen) atoms. The number of thiocarbonyl (C=S) groups is 1. The van der Waals surface area contributed by atoms with Crippen molar-refractivity contribution in [3.63, 3.8) is 0 Å². The van der Waals surface area contributed by atoms with E-state index in [0.29, 0.717) is 10.9 Å². The molecule has 0 saturated carbocycles. The van der Waals surface area contributed by atoms with E-state index in [0.717, 1.165) is 43.8 Å². The van der Waals surface area contributed by atoms with Crippen LogP contribution in [0.2, 0.25) is 0 Å². The van der Waals surface area contributed by atoms with Gasteiger partial charge in [-0.15, -0.1) is 0 Å². The minimum absolute atomic E-state index is 0.423. The van der Waals surface area contributed by atoms with E-state index < -0.39 is 0 Å². The molecule has 0 aromatic carbocycles. The van der Waals surface area contributed by atoms with Crippen LogP contribution in [-0.4, -0.2) is 32.4 Å². The van der Waals surface area contributed by atoms with Crippen LogP contribution in [0.25, 0.3) is 5.65 Å². The number of aromatic nitrogens is 2. The molecule has 0 radical (unpaired) electrons. The molecule has 0 amide bonds. The van der Waals surface area contributed by atoms with Gasteiger partial charge in [-0.3, -0.25) is 4.90 Å². The zero-order valence-corrected chi connectivity index (χ0v) is 11.6. The molecule has 2 N–H and O–H groups in total. The zero-order valence-electron chi connectivity index (χ0n) is 10.8. The van der Waals surface area contributed by atoms with E-state index in [1.807, 2.05) is 24.4 Å². The molecule has 1 fully saturated rings. The average molecular weight is 274 g/mol. The van der Waals surface area contributed by atoms with Crippen molar-refractivity contribution in [1.29, 1.82) is 0 Å². The fourth-order valence-electron chi connectivity index (χ4n) is 2.67. The molecule has 0 bridgehead atoms. The summed E-state index contributed by atoms with van der Waals surface area (Å²) in [6.07, 6.45) is 6.28. The number of likely N-dealkylation sites (tertiary alicyclic amines) is 1. The maximum atomic E-state index is 5.71. The smallest absolute Gasteiger partial charge is 0.137 e. The number of nitrogens with zero attached hydrogens (tertiary/aromatic N) is 3. The number of fused-ring (bicyclic) bond motifs is 1. The Morgan fingerprint density at radius 1 is 1.37 bits per heavy atom. The Morgan fingerprint density at radius 3 is 2.84 bits per heavy atom. The fraction of sp³-hybridized carbons (Fsp3) is 0.429. The number of pyridine rings is 1. The highest BCUT2D eigenvalue weighted by Crippen LogP contribution is 2.19. The number of hydrogen-bond acceptors (Lipinski definition) is 3. The normalized spacial score (nSPS) is 17.9. The van der Waals surface area contributed by atoms with E-state index in [9.17, 15) is 0 Å². The Labute approximate surface area is 118 Å². The first-order chi connectivity index (χ1) is 9.22. The third kappa shape index (κ3) is 2.77. The van der Waals surface area contributed by atoms with Gasteiger partial charge in [-0.2, -0.15) is 0 Å². The van der Waals surface area contributed by atoms with Gasteiger partial charge < -0.3 is 10.1 Å². The maximum absolute atomic E-state index is 5.71. The van der Waals surface area contributed by atoms with Gasteiger partial charge >= 0.3 is 0 Å². The van der Waals surface area contributed by atoms with Gasteiger partial charge in [-0.25, -0.2) is 4.98 Å². The molecule has 2 aromatic heterocycles. The second-order valence-electron chi connectivity index (χ2n) is 5.15. The first-order valence-electron chi connectivity index (χ1n) is 6.66. The maximum Gasteiger partial charge on any atom is 0.137 e. The molecule has 0 atom stereocenters. The van der Waals surface area contributed by atoms with Crippen molar-refractivity contribution in [3.8, 4) is 0 Å². The van der Waals surface area contributed by atoms with Crippen molar-refractivity contribution in [1.82, 2.24) is 14.3 Å². The third-order valence-electron chi connectivity index (χ3n) is 3.79. The number of imidazole rings is 1. The van der Waals surface area contributed by atoms with E-state index >= 15 is 0 Å². The van der Waals surface area contributed by atoms with Gasteiger partial charge in [-0.1, -0.05) is 18.3 Å². The summed E-state index contributed by atoms with van der Waals surface area (Å²) in [4.78, 5) is 7.73. The van der Waals surface area contributed by atoms with Crippen molar-refractivity contribution < 1.29 is 0 Å². The van der Waals surface area contributed by atoms with Gasteiger partial charge in [0, 0.05) is 24.9 Å². The summed E-state index contributed by atoms with van der Waals surface area (Å²) in [7, 11) is 0. The first-order valence-corrected chi connectivity index (χ1v) is 7.07. The molecule has 0 aliphatic carbocycles. The summed E-state index contributed by atoms with van der Waals surface area (Å²) in [5.41, 5.74) is 7.85. The van der Waals surface area contributed by atoms with Crippen LogP contribution in [-0.2, 0) is 6.54 Å². The van der Waals surface area contributed by atoms with Crippen molar-refractivity contribution in [2.75, 3.05) is 13.1 Å². The van der Waals surface area contributed by atoms with E-state index in [-0.39, 0.29) is 0 Å². The number of hydrogen-bond donors (Lipinski definition) is 1. The molecule has 4 nitrogen and oxygen atoms in total. The van der Waals surface area contributed by atoms with Gasteiger partial charge in [0.1, 0.15) is 5.65 Å². The van der Waals surface area contributed by atoms with Crippen molar-refractivity contribution in [3.05, 3.63) is 36.3 Å². The predicted octanol–water partition coefficient (Wildman–Crippen LogP) is 1.83. The Morgan fingerprint density at radius 2 is 2.16 bits per heavy atom. The Hall–Kier alpha value is -1.46. The largest absolute Gasteiger partial charge is 0.393 e. The van der Waals surface area contributed by atoms with Gasteiger partial charge in [-0.05, 0) is 38.1 Å². The van der Waals surface area contributed by atoms with Crippen LogP contribution in [0.1, 0.15) is 18.5 Å². The Kier molecular flexibility index (Phi) is 3.48. The summed E-state index contributed by atoms with van der Waals surface area (Å²) >= 11 is 5.07. The Balaban J connectivity index is 1.64. The lowest BCUT2D eigenvalue weighted by Gasteiger charge is -2.30. The van der Waals surface area contributed by atoms with Crippen molar-refractivity contribution in [2.24, 2.45) is 11.7 Å². The standard InChI is InChI=1S/C14H18N4S/c15-14(19)11-4-7-17(8-5-11)9-12-10-18-6-2-1-3-13(18)16-12/h1-3,6,10-11H,4-5,7-9H2,(H2,15,19).